The molecule has 1 aromatic carbocycles. The molecule has 0 amide bonds. The number of nitrogens with one attached hydrogen (secondary N) is 2. The first-order valence-electron chi connectivity index (χ1n) is 7.27. The Balaban J connectivity index is 1.83. The van der Waals surface area contributed by atoms with Gasteiger partial charge in [-0.25, -0.2) is 8.42 Å². The molecule has 0 aliphatic carbocycles. The minimum Gasteiger partial charge on any atom is -0.380 e. The van der Waals surface area contributed by atoms with E-state index in [2.05, 4.69) is 15.6 Å². The third-order valence-corrected chi connectivity index (χ3v) is 5.36. The number of nitrogens with zero attached hydrogens (tertiary/aromatic N) is 1. The van der Waals surface area contributed by atoms with E-state index in [0.29, 0.717) is 25.5 Å². The molecule has 22 heavy (non-hydrogen) atoms. The maximum Gasteiger partial charge on any atom is 0.191 e. The molecule has 0 bridgehead atoms. The molecule has 0 aromatic heterocycles. The molecule has 0 radical (unpaired) electrons. The summed E-state index contributed by atoms with van der Waals surface area (Å²) in [5.74, 6) is 1.06. The van der Waals surface area contributed by atoms with Crippen molar-refractivity contribution in [2.24, 2.45) is 4.99 Å². The number of ether oxygens (including phenoxy) is 1. The van der Waals surface area contributed by atoms with Crippen molar-refractivity contribution in [3.63, 3.8) is 0 Å². The van der Waals surface area contributed by atoms with Crippen LogP contribution in [0.4, 0.5) is 0 Å². The molecule has 1 fully saturated rings. The van der Waals surface area contributed by atoms with Gasteiger partial charge in [0.15, 0.2) is 15.8 Å². The maximum absolute atomic E-state index is 11.5. The van der Waals surface area contributed by atoms with Crippen molar-refractivity contribution >= 4 is 15.8 Å². The third-order valence-electron chi connectivity index (χ3n) is 3.59. The highest BCUT2D eigenvalue weighted by Gasteiger charge is 2.28. The summed E-state index contributed by atoms with van der Waals surface area (Å²) in [5.41, 5.74) is 2.26. The lowest BCUT2D eigenvalue weighted by atomic mass is 10.1. The van der Waals surface area contributed by atoms with Gasteiger partial charge in [-0.3, -0.25) is 4.99 Å². The van der Waals surface area contributed by atoms with E-state index in [9.17, 15) is 8.42 Å². The van der Waals surface area contributed by atoms with Crippen molar-refractivity contribution in [1.29, 1.82) is 0 Å². The second-order valence-electron chi connectivity index (χ2n) is 5.42. The van der Waals surface area contributed by atoms with E-state index in [1.807, 2.05) is 24.3 Å². The van der Waals surface area contributed by atoms with Crippen LogP contribution in [0.2, 0.25) is 0 Å². The fraction of sp³-hybridized carbons (Fsp3) is 0.533. The number of hydrogen-bond donors (Lipinski definition) is 2. The maximum atomic E-state index is 11.5. The standard InChI is InChI=1S/C15H23N3O3S/c1-16-15(18-14-7-8-22(19,20)11-14)17-9-12-3-5-13(6-4-12)10-21-2/h3-6,14H,7-11H2,1-2H3,(H2,16,17,18). The van der Waals surface area contributed by atoms with Crippen LogP contribution in [-0.4, -0.2) is 46.1 Å². The summed E-state index contributed by atoms with van der Waals surface area (Å²) < 4.78 is 28.0. The van der Waals surface area contributed by atoms with Crippen LogP contribution in [-0.2, 0) is 27.7 Å². The van der Waals surface area contributed by atoms with E-state index < -0.39 is 9.84 Å². The molecular weight excluding hydrogens is 302 g/mol. The number of aliphatic imine (C=N–C) groups is 1. The summed E-state index contributed by atoms with van der Waals surface area (Å²) in [6.07, 6.45) is 0.634. The molecular formula is C15H23N3O3S. The number of rotatable bonds is 5. The molecule has 1 heterocycles. The highest BCUT2D eigenvalue weighted by atomic mass is 32.2. The Morgan fingerprint density at radius 3 is 2.55 bits per heavy atom. The molecule has 1 aliphatic heterocycles. The first-order chi connectivity index (χ1) is 10.5. The van der Waals surface area contributed by atoms with E-state index in [1.54, 1.807) is 14.2 Å². The van der Waals surface area contributed by atoms with Crippen LogP contribution >= 0.6 is 0 Å². The molecule has 2 N–H and O–H groups in total. The van der Waals surface area contributed by atoms with Crippen molar-refractivity contribution < 1.29 is 13.2 Å². The third kappa shape index (κ3) is 4.99. The van der Waals surface area contributed by atoms with E-state index in [-0.39, 0.29) is 17.5 Å². The van der Waals surface area contributed by atoms with Gasteiger partial charge in [0.25, 0.3) is 0 Å². The normalized spacial score (nSPS) is 20.8. The molecule has 1 unspecified atom stereocenters. The monoisotopic (exact) mass is 325 g/mol. The fourth-order valence-electron chi connectivity index (χ4n) is 2.40. The Morgan fingerprint density at radius 1 is 1.32 bits per heavy atom. The zero-order valence-electron chi connectivity index (χ0n) is 13.0. The lowest BCUT2D eigenvalue weighted by molar-refractivity contribution is 0.185. The summed E-state index contributed by atoms with van der Waals surface area (Å²) in [6, 6.07) is 8.07. The second-order valence-corrected chi connectivity index (χ2v) is 7.65. The minimum absolute atomic E-state index is 0.0553. The Bertz CT molecular complexity index is 611. The van der Waals surface area contributed by atoms with Crippen LogP contribution in [0.5, 0.6) is 0 Å². The molecule has 6 nitrogen and oxygen atoms in total. The molecule has 122 valence electrons. The van der Waals surface area contributed by atoms with Gasteiger partial charge in [0, 0.05) is 26.7 Å². The van der Waals surface area contributed by atoms with Crippen LogP contribution in [0.25, 0.3) is 0 Å². The SMILES string of the molecule is CN=C(NCc1ccc(COC)cc1)NC1CCS(=O)(=O)C1. The van der Waals surface area contributed by atoms with Crippen LogP contribution in [0.3, 0.4) is 0 Å². The van der Waals surface area contributed by atoms with Crippen LogP contribution in [0, 0.1) is 0 Å². The van der Waals surface area contributed by atoms with Crippen molar-refractivity contribution in [3.8, 4) is 0 Å². The topological polar surface area (TPSA) is 79.8 Å². The highest BCUT2D eigenvalue weighted by molar-refractivity contribution is 7.91. The van der Waals surface area contributed by atoms with Gasteiger partial charge in [0.2, 0.25) is 0 Å². The van der Waals surface area contributed by atoms with E-state index in [0.717, 1.165) is 11.1 Å². The van der Waals surface area contributed by atoms with Crippen LogP contribution in [0.1, 0.15) is 17.5 Å². The van der Waals surface area contributed by atoms with Crippen LogP contribution in [0.15, 0.2) is 29.3 Å². The molecule has 7 heteroatoms. The van der Waals surface area contributed by atoms with E-state index in [1.165, 1.54) is 0 Å². The number of guanidine groups is 1. The number of hydrogen-bond acceptors (Lipinski definition) is 4. The van der Waals surface area contributed by atoms with Crippen molar-refractivity contribution in [3.05, 3.63) is 35.4 Å². The van der Waals surface area contributed by atoms with Gasteiger partial charge in [-0.1, -0.05) is 24.3 Å². The predicted molar refractivity (Wildman–Crippen MR) is 87.5 cm³/mol. The zero-order chi connectivity index (χ0) is 16.0. The molecule has 1 aromatic rings. The van der Waals surface area contributed by atoms with E-state index >= 15 is 0 Å². The van der Waals surface area contributed by atoms with Gasteiger partial charge in [-0.2, -0.15) is 0 Å². The summed E-state index contributed by atoms with van der Waals surface area (Å²) in [4.78, 5) is 4.14. The number of sulfone groups is 1. The average molecular weight is 325 g/mol. The molecule has 1 atom stereocenters. The minimum atomic E-state index is -2.88. The van der Waals surface area contributed by atoms with Gasteiger partial charge in [-0.05, 0) is 17.5 Å². The van der Waals surface area contributed by atoms with Gasteiger partial charge in [0.05, 0.1) is 18.1 Å². The zero-order valence-corrected chi connectivity index (χ0v) is 13.8. The molecule has 1 aliphatic rings. The smallest absolute Gasteiger partial charge is 0.191 e. The Hall–Kier alpha value is -1.60. The quantitative estimate of drug-likeness (QED) is 0.615. The second kappa shape index (κ2) is 7.60. The van der Waals surface area contributed by atoms with Gasteiger partial charge in [0.1, 0.15) is 0 Å². The Kier molecular flexibility index (Phi) is 5.79. The summed E-state index contributed by atoms with van der Waals surface area (Å²) in [7, 11) is 0.472. The number of methoxy groups -OCH3 is 1. The molecule has 1 saturated heterocycles. The van der Waals surface area contributed by atoms with Crippen LogP contribution < -0.4 is 10.6 Å². The van der Waals surface area contributed by atoms with E-state index in [4.69, 9.17) is 4.74 Å². The molecule has 0 spiro atoms. The number of benzene rings is 1. The first-order valence-corrected chi connectivity index (χ1v) is 9.09. The van der Waals surface area contributed by atoms with Crippen molar-refractivity contribution in [2.75, 3.05) is 25.7 Å². The van der Waals surface area contributed by atoms with Crippen molar-refractivity contribution in [2.45, 2.75) is 25.6 Å². The summed E-state index contributed by atoms with van der Waals surface area (Å²) in [5, 5.41) is 6.37. The predicted octanol–water partition coefficient (Wildman–Crippen LogP) is 0.685. The lowest BCUT2D eigenvalue weighted by Gasteiger charge is -2.16. The summed E-state index contributed by atoms with van der Waals surface area (Å²) in [6.45, 7) is 1.24. The molecule has 0 saturated carbocycles. The Morgan fingerprint density at radius 2 is 2.00 bits per heavy atom. The van der Waals surface area contributed by atoms with Gasteiger partial charge >= 0.3 is 0 Å². The fourth-order valence-corrected chi connectivity index (χ4v) is 4.08. The van der Waals surface area contributed by atoms with Gasteiger partial charge in [-0.15, -0.1) is 0 Å². The van der Waals surface area contributed by atoms with Crippen molar-refractivity contribution in [1.82, 2.24) is 10.6 Å². The largest absolute Gasteiger partial charge is 0.380 e. The lowest BCUT2D eigenvalue weighted by Crippen LogP contribution is -2.43. The average Bonchev–Trinajstić information content (AvgIpc) is 2.84. The Labute approximate surface area is 131 Å². The van der Waals surface area contributed by atoms with Gasteiger partial charge < -0.3 is 15.4 Å². The highest BCUT2D eigenvalue weighted by Crippen LogP contribution is 2.11. The first kappa shape index (κ1) is 16.8. The summed E-state index contributed by atoms with van der Waals surface area (Å²) >= 11 is 0. The molecule has 2 rings (SSSR count).